The highest BCUT2D eigenvalue weighted by Gasteiger charge is 2.22. The van der Waals surface area contributed by atoms with Crippen molar-refractivity contribution in [3.05, 3.63) is 54.4 Å². The third-order valence-corrected chi connectivity index (χ3v) is 4.91. The molecule has 0 aromatic carbocycles. The van der Waals surface area contributed by atoms with E-state index in [4.69, 9.17) is 4.98 Å². The second-order valence-electron chi connectivity index (χ2n) is 6.97. The minimum atomic E-state index is 0.508. The van der Waals surface area contributed by atoms with Crippen LogP contribution in [0.3, 0.4) is 0 Å². The molecule has 0 radical (unpaired) electrons. The van der Waals surface area contributed by atoms with E-state index < -0.39 is 0 Å². The summed E-state index contributed by atoms with van der Waals surface area (Å²) < 4.78 is 3.69. The van der Waals surface area contributed by atoms with Gasteiger partial charge in [-0.2, -0.15) is 10.2 Å². The molecule has 1 aliphatic heterocycles. The molecule has 1 fully saturated rings. The Morgan fingerprint density at radius 2 is 1.84 bits per heavy atom. The normalized spacial score (nSPS) is 18.6. The topological polar surface area (TPSA) is 51.8 Å². The smallest absolute Gasteiger partial charge is 0.0568 e. The van der Waals surface area contributed by atoms with Gasteiger partial charge in [-0.05, 0) is 25.5 Å². The van der Waals surface area contributed by atoms with Crippen LogP contribution in [0.5, 0.6) is 0 Å². The number of pyridine rings is 1. The predicted octanol–water partition coefficient (Wildman–Crippen LogP) is 2.60. The SMILES string of the molecule is Cn1cc(CN2CCC[C@H](c3ccc(-c4cnn(C)c4)cn3)C2)cn1. The van der Waals surface area contributed by atoms with Crippen LogP contribution >= 0.6 is 0 Å². The van der Waals surface area contributed by atoms with Gasteiger partial charge < -0.3 is 0 Å². The van der Waals surface area contributed by atoms with Crippen LogP contribution < -0.4 is 0 Å². The zero-order chi connectivity index (χ0) is 17.2. The molecule has 0 bridgehead atoms. The maximum atomic E-state index is 4.75. The lowest BCUT2D eigenvalue weighted by Crippen LogP contribution is -2.34. The number of hydrogen-bond donors (Lipinski definition) is 0. The highest BCUT2D eigenvalue weighted by atomic mass is 15.2. The van der Waals surface area contributed by atoms with Gasteiger partial charge in [0.15, 0.2) is 0 Å². The molecule has 0 aliphatic carbocycles. The third kappa shape index (κ3) is 3.64. The summed E-state index contributed by atoms with van der Waals surface area (Å²) in [5, 5.41) is 8.50. The van der Waals surface area contributed by atoms with Gasteiger partial charge in [0.25, 0.3) is 0 Å². The monoisotopic (exact) mass is 336 g/mol. The first-order chi connectivity index (χ1) is 12.2. The Bertz CT molecular complexity index is 832. The van der Waals surface area contributed by atoms with Crippen LogP contribution in [0.1, 0.15) is 30.0 Å². The molecule has 6 nitrogen and oxygen atoms in total. The Morgan fingerprint density at radius 1 is 1.00 bits per heavy atom. The fraction of sp³-hybridized carbons (Fsp3) is 0.421. The van der Waals surface area contributed by atoms with Crippen molar-refractivity contribution in [2.45, 2.75) is 25.3 Å². The summed E-state index contributed by atoms with van der Waals surface area (Å²) in [6.07, 6.45) is 12.4. The Kier molecular flexibility index (Phi) is 4.36. The summed E-state index contributed by atoms with van der Waals surface area (Å²) in [4.78, 5) is 7.27. The van der Waals surface area contributed by atoms with Gasteiger partial charge in [-0.1, -0.05) is 6.07 Å². The zero-order valence-electron chi connectivity index (χ0n) is 14.8. The van der Waals surface area contributed by atoms with Crippen LogP contribution in [0, 0.1) is 0 Å². The molecule has 0 saturated carbocycles. The molecule has 0 amide bonds. The quantitative estimate of drug-likeness (QED) is 0.735. The number of nitrogens with zero attached hydrogens (tertiary/aromatic N) is 6. The third-order valence-electron chi connectivity index (χ3n) is 4.91. The van der Waals surface area contributed by atoms with Crippen molar-refractivity contribution in [3.8, 4) is 11.1 Å². The molecule has 4 heterocycles. The second-order valence-corrected chi connectivity index (χ2v) is 6.97. The lowest BCUT2D eigenvalue weighted by Gasteiger charge is -2.32. The van der Waals surface area contributed by atoms with Gasteiger partial charge in [0.05, 0.1) is 12.4 Å². The van der Waals surface area contributed by atoms with Crippen LogP contribution in [0.4, 0.5) is 0 Å². The van der Waals surface area contributed by atoms with Gasteiger partial charge in [-0.25, -0.2) is 0 Å². The number of hydrogen-bond acceptors (Lipinski definition) is 4. The first-order valence-electron chi connectivity index (χ1n) is 8.82. The van der Waals surface area contributed by atoms with E-state index in [2.05, 4.69) is 33.4 Å². The van der Waals surface area contributed by atoms with Crippen LogP contribution in [0.15, 0.2) is 43.1 Å². The summed E-state index contributed by atoms with van der Waals surface area (Å²) in [6, 6.07) is 4.35. The minimum Gasteiger partial charge on any atom is -0.298 e. The molecule has 0 spiro atoms. The van der Waals surface area contributed by atoms with Crippen molar-refractivity contribution in [3.63, 3.8) is 0 Å². The summed E-state index contributed by atoms with van der Waals surface area (Å²) in [6.45, 7) is 3.19. The van der Waals surface area contributed by atoms with E-state index >= 15 is 0 Å². The first-order valence-corrected chi connectivity index (χ1v) is 8.82. The lowest BCUT2D eigenvalue weighted by atomic mass is 9.93. The fourth-order valence-corrected chi connectivity index (χ4v) is 3.64. The van der Waals surface area contributed by atoms with Crippen molar-refractivity contribution in [2.75, 3.05) is 13.1 Å². The molecule has 6 heteroatoms. The highest BCUT2D eigenvalue weighted by Crippen LogP contribution is 2.28. The zero-order valence-corrected chi connectivity index (χ0v) is 14.8. The Hall–Kier alpha value is -2.47. The molecule has 0 N–H and O–H groups in total. The second kappa shape index (κ2) is 6.80. The predicted molar refractivity (Wildman–Crippen MR) is 96.9 cm³/mol. The number of rotatable bonds is 4. The van der Waals surface area contributed by atoms with Crippen molar-refractivity contribution in [1.29, 1.82) is 0 Å². The molecule has 25 heavy (non-hydrogen) atoms. The standard InChI is InChI=1S/C19H24N6/c1-23-11-15(8-21-23)12-25-7-3-4-17(14-25)19-6-5-16(9-20-19)18-10-22-24(2)13-18/h5-6,8-11,13,17H,3-4,7,12,14H2,1-2H3/t17-/m0/s1. The fourth-order valence-electron chi connectivity index (χ4n) is 3.64. The van der Waals surface area contributed by atoms with Crippen LogP contribution in [-0.2, 0) is 20.6 Å². The summed E-state index contributed by atoms with van der Waals surface area (Å²) >= 11 is 0. The van der Waals surface area contributed by atoms with E-state index in [0.717, 1.165) is 30.8 Å². The average Bonchev–Trinajstić information content (AvgIpc) is 3.24. The van der Waals surface area contributed by atoms with Crippen molar-refractivity contribution < 1.29 is 0 Å². The van der Waals surface area contributed by atoms with Gasteiger partial charge in [0.2, 0.25) is 0 Å². The van der Waals surface area contributed by atoms with Gasteiger partial charge in [-0.3, -0.25) is 19.2 Å². The van der Waals surface area contributed by atoms with E-state index in [1.165, 1.54) is 24.1 Å². The number of piperidine rings is 1. The maximum Gasteiger partial charge on any atom is 0.0568 e. The largest absolute Gasteiger partial charge is 0.298 e. The van der Waals surface area contributed by atoms with Gasteiger partial charge in [0.1, 0.15) is 0 Å². The van der Waals surface area contributed by atoms with E-state index in [1.807, 2.05) is 48.2 Å². The Morgan fingerprint density at radius 3 is 2.52 bits per heavy atom. The minimum absolute atomic E-state index is 0.508. The molecule has 130 valence electrons. The molecule has 1 atom stereocenters. The van der Waals surface area contributed by atoms with Crippen LogP contribution in [-0.4, -0.2) is 42.5 Å². The first kappa shape index (κ1) is 16.0. The molecular weight excluding hydrogens is 312 g/mol. The van der Waals surface area contributed by atoms with Gasteiger partial charge in [-0.15, -0.1) is 0 Å². The summed E-state index contributed by atoms with van der Waals surface area (Å²) in [5.41, 5.74) is 4.72. The van der Waals surface area contributed by atoms with Crippen molar-refractivity contribution in [2.24, 2.45) is 14.1 Å². The summed E-state index contributed by atoms with van der Waals surface area (Å²) in [5.74, 6) is 0.508. The van der Waals surface area contributed by atoms with E-state index in [0.29, 0.717) is 5.92 Å². The number of likely N-dealkylation sites (tertiary alicyclic amines) is 1. The molecule has 3 aromatic heterocycles. The number of aryl methyl sites for hydroxylation is 2. The Balaban J connectivity index is 1.44. The highest BCUT2D eigenvalue weighted by molar-refractivity contribution is 5.60. The maximum absolute atomic E-state index is 4.75. The molecular formula is C19H24N6. The molecule has 4 rings (SSSR count). The van der Waals surface area contributed by atoms with E-state index in [9.17, 15) is 0 Å². The molecule has 1 aliphatic rings. The average molecular weight is 336 g/mol. The molecule has 3 aromatic rings. The summed E-state index contributed by atoms with van der Waals surface area (Å²) in [7, 11) is 3.90. The Labute approximate surface area is 148 Å². The van der Waals surface area contributed by atoms with Gasteiger partial charge >= 0.3 is 0 Å². The van der Waals surface area contributed by atoms with Crippen molar-refractivity contribution in [1.82, 2.24) is 29.4 Å². The van der Waals surface area contributed by atoms with Crippen LogP contribution in [0.25, 0.3) is 11.1 Å². The lowest BCUT2D eigenvalue weighted by molar-refractivity contribution is 0.198. The molecule has 1 saturated heterocycles. The van der Waals surface area contributed by atoms with Crippen LogP contribution in [0.2, 0.25) is 0 Å². The van der Waals surface area contributed by atoms with E-state index in [-0.39, 0.29) is 0 Å². The van der Waals surface area contributed by atoms with Crippen molar-refractivity contribution >= 4 is 0 Å². The molecule has 0 unspecified atom stereocenters. The van der Waals surface area contributed by atoms with Gasteiger partial charge in [0, 0.05) is 74.1 Å². The van der Waals surface area contributed by atoms with E-state index in [1.54, 1.807) is 0 Å². The number of aromatic nitrogens is 5.